The standard InChI is InChI=1S/C23H25Cl2NO5/c1-14(2)12-31-23(28)26-10-9-15-11-16(7-8-17(15)21(26)22(27)29-3)30-13-18-19(24)5-4-6-20(18)25/h4-8,11,14,21H,9-10,12-13H2,1-3H3. The summed E-state index contributed by atoms with van der Waals surface area (Å²) in [5, 5.41) is 1.07. The average molecular weight is 466 g/mol. The number of esters is 1. The van der Waals surface area contributed by atoms with Crippen LogP contribution in [0.5, 0.6) is 5.75 Å². The fourth-order valence-electron chi connectivity index (χ4n) is 3.40. The van der Waals surface area contributed by atoms with Crippen LogP contribution in [0.3, 0.4) is 0 Å². The van der Waals surface area contributed by atoms with Gasteiger partial charge in [0.15, 0.2) is 6.04 Å². The molecule has 2 aromatic carbocycles. The Bertz CT molecular complexity index is 943. The maximum Gasteiger partial charge on any atom is 0.410 e. The summed E-state index contributed by atoms with van der Waals surface area (Å²) < 4.78 is 16.2. The second-order valence-electron chi connectivity index (χ2n) is 7.69. The number of fused-ring (bicyclic) bond motifs is 1. The van der Waals surface area contributed by atoms with Crippen molar-refractivity contribution >= 4 is 35.3 Å². The summed E-state index contributed by atoms with van der Waals surface area (Å²) in [6.07, 6.45) is 0.0346. The largest absolute Gasteiger partial charge is 0.489 e. The van der Waals surface area contributed by atoms with Gasteiger partial charge in [-0.05, 0) is 47.7 Å². The van der Waals surface area contributed by atoms with Crippen LogP contribution in [0.25, 0.3) is 0 Å². The topological polar surface area (TPSA) is 65.1 Å². The molecular formula is C23H25Cl2NO5. The Morgan fingerprint density at radius 2 is 1.87 bits per heavy atom. The molecular weight excluding hydrogens is 441 g/mol. The summed E-state index contributed by atoms with van der Waals surface area (Å²) in [5.41, 5.74) is 2.31. The molecule has 0 aliphatic carbocycles. The summed E-state index contributed by atoms with van der Waals surface area (Å²) in [5.74, 6) is 0.303. The third kappa shape index (κ3) is 5.43. The Hall–Kier alpha value is -2.44. The van der Waals surface area contributed by atoms with Gasteiger partial charge in [0.25, 0.3) is 0 Å². The van der Waals surface area contributed by atoms with E-state index in [9.17, 15) is 9.59 Å². The SMILES string of the molecule is COC(=O)C1c2ccc(OCc3c(Cl)cccc3Cl)cc2CCN1C(=O)OCC(C)C. The van der Waals surface area contributed by atoms with E-state index in [0.29, 0.717) is 39.9 Å². The van der Waals surface area contributed by atoms with Crippen LogP contribution in [0.2, 0.25) is 10.0 Å². The minimum Gasteiger partial charge on any atom is -0.489 e. The van der Waals surface area contributed by atoms with Crippen molar-refractivity contribution in [1.29, 1.82) is 0 Å². The fraction of sp³-hybridized carbons (Fsp3) is 0.391. The van der Waals surface area contributed by atoms with Crippen molar-refractivity contribution < 1.29 is 23.8 Å². The molecule has 8 heteroatoms. The summed E-state index contributed by atoms with van der Waals surface area (Å²) in [6.45, 7) is 4.74. The average Bonchev–Trinajstić information content (AvgIpc) is 2.75. The van der Waals surface area contributed by atoms with E-state index in [1.807, 2.05) is 19.9 Å². The fourth-order valence-corrected chi connectivity index (χ4v) is 3.91. The molecule has 0 saturated carbocycles. The first-order chi connectivity index (χ1) is 14.8. The van der Waals surface area contributed by atoms with E-state index in [1.165, 1.54) is 12.0 Å². The van der Waals surface area contributed by atoms with Crippen molar-refractivity contribution in [3.05, 3.63) is 63.1 Å². The van der Waals surface area contributed by atoms with E-state index in [4.69, 9.17) is 37.4 Å². The quantitative estimate of drug-likeness (QED) is 0.531. The third-order valence-corrected chi connectivity index (χ3v) is 5.69. The van der Waals surface area contributed by atoms with Crippen LogP contribution in [0.15, 0.2) is 36.4 Å². The molecule has 0 fully saturated rings. The molecule has 0 spiro atoms. The smallest absolute Gasteiger partial charge is 0.410 e. The molecule has 1 unspecified atom stereocenters. The lowest BCUT2D eigenvalue weighted by molar-refractivity contribution is -0.147. The molecule has 1 amide bonds. The lowest BCUT2D eigenvalue weighted by Crippen LogP contribution is -2.44. The van der Waals surface area contributed by atoms with Crippen molar-refractivity contribution in [2.45, 2.75) is 32.9 Å². The highest BCUT2D eigenvalue weighted by Crippen LogP contribution is 2.34. The summed E-state index contributed by atoms with van der Waals surface area (Å²) in [7, 11) is 1.30. The molecule has 1 heterocycles. The molecule has 0 aromatic heterocycles. The molecule has 0 radical (unpaired) electrons. The van der Waals surface area contributed by atoms with Gasteiger partial charge in [-0.2, -0.15) is 0 Å². The third-order valence-electron chi connectivity index (χ3n) is 4.99. The van der Waals surface area contributed by atoms with Crippen LogP contribution >= 0.6 is 23.2 Å². The van der Waals surface area contributed by atoms with Crippen molar-refractivity contribution in [3.8, 4) is 5.75 Å². The Balaban J connectivity index is 1.80. The van der Waals surface area contributed by atoms with Gasteiger partial charge in [0.2, 0.25) is 0 Å². The maximum absolute atomic E-state index is 12.6. The minimum atomic E-state index is -0.861. The molecule has 0 bridgehead atoms. The molecule has 3 rings (SSSR count). The van der Waals surface area contributed by atoms with Crippen LogP contribution < -0.4 is 4.74 Å². The molecule has 1 aliphatic heterocycles. The van der Waals surface area contributed by atoms with Gasteiger partial charge in [-0.3, -0.25) is 4.90 Å². The molecule has 6 nitrogen and oxygen atoms in total. The number of nitrogens with zero attached hydrogens (tertiary/aromatic N) is 1. The van der Waals surface area contributed by atoms with E-state index in [0.717, 1.165) is 5.56 Å². The van der Waals surface area contributed by atoms with Crippen molar-refractivity contribution in [2.75, 3.05) is 20.3 Å². The zero-order valence-electron chi connectivity index (χ0n) is 17.7. The van der Waals surface area contributed by atoms with Crippen LogP contribution in [-0.2, 0) is 27.3 Å². The first kappa shape index (κ1) is 23.2. The van der Waals surface area contributed by atoms with Crippen molar-refractivity contribution in [3.63, 3.8) is 0 Å². The van der Waals surface area contributed by atoms with E-state index in [-0.39, 0.29) is 19.1 Å². The molecule has 1 aliphatic rings. The van der Waals surface area contributed by atoms with Gasteiger partial charge in [-0.1, -0.05) is 49.2 Å². The number of carbonyl (C=O) groups is 2. The zero-order valence-corrected chi connectivity index (χ0v) is 19.2. The molecule has 0 saturated heterocycles. The number of amides is 1. The first-order valence-electron chi connectivity index (χ1n) is 10.0. The molecule has 1 atom stereocenters. The lowest BCUT2D eigenvalue weighted by Gasteiger charge is -2.35. The monoisotopic (exact) mass is 465 g/mol. The number of rotatable bonds is 6. The highest BCUT2D eigenvalue weighted by Gasteiger charge is 2.38. The number of methoxy groups -OCH3 is 1. The lowest BCUT2D eigenvalue weighted by atomic mass is 9.92. The first-order valence-corrected chi connectivity index (χ1v) is 10.8. The number of hydrogen-bond acceptors (Lipinski definition) is 5. The molecule has 31 heavy (non-hydrogen) atoms. The van der Waals surface area contributed by atoms with E-state index >= 15 is 0 Å². The molecule has 166 valence electrons. The van der Waals surface area contributed by atoms with Crippen LogP contribution in [0.1, 0.15) is 36.6 Å². The number of ether oxygens (including phenoxy) is 3. The maximum atomic E-state index is 12.6. The number of hydrogen-bond donors (Lipinski definition) is 0. The highest BCUT2D eigenvalue weighted by atomic mass is 35.5. The predicted octanol–water partition coefficient (Wildman–Crippen LogP) is 5.44. The second-order valence-corrected chi connectivity index (χ2v) is 8.50. The normalized spacial score (nSPS) is 15.4. The van der Waals surface area contributed by atoms with Gasteiger partial charge >= 0.3 is 12.1 Å². The number of benzene rings is 2. The van der Waals surface area contributed by atoms with Crippen LogP contribution in [0.4, 0.5) is 4.79 Å². The zero-order chi connectivity index (χ0) is 22.5. The van der Waals surface area contributed by atoms with E-state index < -0.39 is 18.1 Å². The van der Waals surface area contributed by atoms with Gasteiger partial charge in [0.1, 0.15) is 12.4 Å². The van der Waals surface area contributed by atoms with E-state index in [1.54, 1.807) is 30.3 Å². The minimum absolute atomic E-state index is 0.198. The summed E-state index contributed by atoms with van der Waals surface area (Å²) >= 11 is 12.4. The second kappa shape index (κ2) is 10.2. The van der Waals surface area contributed by atoms with Crippen molar-refractivity contribution in [1.82, 2.24) is 4.90 Å². The van der Waals surface area contributed by atoms with Crippen molar-refractivity contribution in [2.24, 2.45) is 5.92 Å². The summed E-state index contributed by atoms with van der Waals surface area (Å²) in [6, 6.07) is 9.83. The van der Waals surface area contributed by atoms with Crippen LogP contribution in [0, 0.1) is 5.92 Å². The Morgan fingerprint density at radius 1 is 1.16 bits per heavy atom. The van der Waals surface area contributed by atoms with Gasteiger partial charge < -0.3 is 14.2 Å². The highest BCUT2D eigenvalue weighted by molar-refractivity contribution is 6.35. The Morgan fingerprint density at radius 3 is 2.52 bits per heavy atom. The van der Waals surface area contributed by atoms with Gasteiger partial charge in [-0.25, -0.2) is 9.59 Å². The predicted molar refractivity (Wildman–Crippen MR) is 119 cm³/mol. The molecule has 0 N–H and O–H groups in total. The van der Waals surface area contributed by atoms with Gasteiger partial charge in [-0.15, -0.1) is 0 Å². The van der Waals surface area contributed by atoms with Gasteiger partial charge in [0, 0.05) is 22.2 Å². The Labute approximate surface area is 192 Å². The number of halogens is 2. The van der Waals surface area contributed by atoms with Crippen LogP contribution in [-0.4, -0.2) is 37.2 Å². The van der Waals surface area contributed by atoms with Gasteiger partial charge in [0.05, 0.1) is 13.7 Å². The molecule has 2 aromatic rings. The van der Waals surface area contributed by atoms with E-state index in [2.05, 4.69) is 0 Å². The Kier molecular flexibility index (Phi) is 7.68. The number of carbonyl (C=O) groups excluding carboxylic acids is 2. The summed E-state index contributed by atoms with van der Waals surface area (Å²) in [4.78, 5) is 26.5.